The standard InChI is InChI=1S/C26H34O4/c1-30-26(29)20-9-5-6-17(13-20)12-18-14-21-16-25(28)22(23(21)15-18)10-11-24(27)19-7-3-2-4-8-19/h5-6,9-13,19,21-25,27-28H,2-4,7-8,14-16H2,1H3/t21-,22-,23-,24-,25-/m1/s1. The zero-order valence-electron chi connectivity index (χ0n) is 17.9. The second-order valence-corrected chi connectivity index (χ2v) is 9.41. The van der Waals surface area contributed by atoms with Crippen molar-refractivity contribution in [1.29, 1.82) is 0 Å². The van der Waals surface area contributed by atoms with E-state index in [1.165, 1.54) is 31.9 Å². The van der Waals surface area contributed by atoms with Gasteiger partial charge in [-0.2, -0.15) is 0 Å². The van der Waals surface area contributed by atoms with Crippen molar-refractivity contribution in [2.24, 2.45) is 23.7 Å². The maximum Gasteiger partial charge on any atom is 0.337 e. The van der Waals surface area contributed by atoms with Crippen LogP contribution in [0.25, 0.3) is 6.08 Å². The highest BCUT2D eigenvalue weighted by Crippen LogP contribution is 2.51. The fourth-order valence-electron chi connectivity index (χ4n) is 5.87. The van der Waals surface area contributed by atoms with Gasteiger partial charge in [0.05, 0.1) is 24.9 Å². The highest BCUT2D eigenvalue weighted by atomic mass is 16.5. The largest absolute Gasteiger partial charge is 0.465 e. The van der Waals surface area contributed by atoms with Crippen molar-refractivity contribution < 1.29 is 19.7 Å². The number of benzene rings is 1. The summed E-state index contributed by atoms with van der Waals surface area (Å²) in [5.74, 6) is 1.12. The first kappa shape index (κ1) is 21.3. The van der Waals surface area contributed by atoms with Gasteiger partial charge in [-0.25, -0.2) is 4.79 Å². The van der Waals surface area contributed by atoms with E-state index in [-0.39, 0.29) is 24.1 Å². The lowest BCUT2D eigenvalue weighted by molar-refractivity contribution is 0.0600. The molecule has 0 radical (unpaired) electrons. The lowest BCUT2D eigenvalue weighted by atomic mass is 9.84. The number of hydrogen-bond acceptors (Lipinski definition) is 4. The van der Waals surface area contributed by atoms with Crippen LogP contribution in [0.15, 0.2) is 42.0 Å². The summed E-state index contributed by atoms with van der Waals surface area (Å²) >= 11 is 0. The highest BCUT2D eigenvalue weighted by molar-refractivity contribution is 5.90. The molecule has 3 fully saturated rings. The summed E-state index contributed by atoms with van der Waals surface area (Å²) in [5, 5.41) is 21.2. The second-order valence-electron chi connectivity index (χ2n) is 9.41. The molecular formula is C26H34O4. The van der Waals surface area contributed by atoms with E-state index >= 15 is 0 Å². The number of methoxy groups -OCH3 is 1. The molecule has 4 heteroatoms. The number of carbonyl (C=O) groups excluding carboxylic acids is 1. The molecule has 3 aliphatic rings. The Hall–Kier alpha value is -1.91. The summed E-state index contributed by atoms with van der Waals surface area (Å²) in [4.78, 5) is 11.8. The van der Waals surface area contributed by atoms with Crippen molar-refractivity contribution in [2.75, 3.05) is 7.11 Å². The van der Waals surface area contributed by atoms with Crippen LogP contribution < -0.4 is 0 Å². The minimum atomic E-state index is -0.381. The van der Waals surface area contributed by atoms with Gasteiger partial charge in [0.25, 0.3) is 0 Å². The molecule has 0 aromatic heterocycles. The molecule has 0 spiro atoms. The molecule has 0 saturated heterocycles. The van der Waals surface area contributed by atoms with Crippen molar-refractivity contribution in [3.63, 3.8) is 0 Å². The van der Waals surface area contributed by atoms with E-state index in [0.717, 1.165) is 37.7 Å². The van der Waals surface area contributed by atoms with Gasteiger partial charge in [0, 0.05) is 5.92 Å². The quantitative estimate of drug-likeness (QED) is 0.542. The fourth-order valence-corrected chi connectivity index (χ4v) is 5.87. The zero-order chi connectivity index (χ0) is 21.1. The Morgan fingerprint density at radius 1 is 1.20 bits per heavy atom. The second kappa shape index (κ2) is 9.49. The van der Waals surface area contributed by atoms with Crippen LogP contribution in [0.5, 0.6) is 0 Å². The molecule has 162 valence electrons. The third-order valence-corrected chi connectivity index (χ3v) is 7.45. The Balaban J connectivity index is 1.42. The topological polar surface area (TPSA) is 66.8 Å². The molecular weight excluding hydrogens is 376 g/mol. The lowest BCUT2D eigenvalue weighted by Gasteiger charge is -2.25. The van der Waals surface area contributed by atoms with E-state index in [2.05, 4.69) is 12.2 Å². The molecule has 4 rings (SSSR count). The van der Waals surface area contributed by atoms with E-state index in [4.69, 9.17) is 4.74 Å². The number of aliphatic hydroxyl groups excluding tert-OH is 2. The monoisotopic (exact) mass is 410 g/mol. The number of allylic oxidation sites excluding steroid dienone is 1. The average molecular weight is 411 g/mol. The smallest absolute Gasteiger partial charge is 0.337 e. The molecule has 4 nitrogen and oxygen atoms in total. The summed E-state index contributed by atoms with van der Waals surface area (Å²) in [6.07, 6.45) is 14.3. The van der Waals surface area contributed by atoms with Crippen molar-refractivity contribution in [2.45, 2.75) is 63.6 Å². The van der Waals surface area contributed by atoms with Crippen molar-refractivity contribution in [1.82, 2.24) is 0 Å². The van der Waals surface area contributed by atoms with Crippen LogP contribution in [0, 0.1) is 23.7 Å². The number of fused-ring (bicyclic) bond motifs is 1. The van der Waals surface area contributed by atoms with E-state index in [1.54, 1.807) is 6.07 Å². The number of aliphatic hydroxyl groups is 2. The van der Waals surface area contributed by atoms with Crippen LogP contribution >= 0.6 is 0 Å². The normalized spacial score (nSPS) is 31.9. The van der Waals surface area contributed by atoms with Gasteiger partial charge >= 0.3 is 5.97 Å². The molecule has 1 aromatic rings. The summed E-state index contributed by atoms with van der Waals surface area (Å²) in [7, 11) is 1.40. The van der Waals surface area contributed by atoms with Gasteiger partial charge in [-0.15, -0.1) is 0 Å². The molecule has 2 N–H and O–H groups in total. The SMILES string of the molecule is COC(=O)c1cccc(C=C2C[C@@H]3C[C@@H](O)[C@H](C=C[C@@H](O)C4CCCCC4)[C@@H]3C2)c1. The Morgan fingerprint density at radius 3 is 2.77 bits per heavy atom. The Morgan fingerprint density at radius 2 is 2.00 bits per heavy atom. The number of rotatable bonds is 5. The van der Waals surface area contributed by atoms with Gasteiger partial charge in [0.1, 0.15) is 0 Å². The third kappa shape index (κ3) is 4.70. The number of esters is 1. The number of hydrogen-bond donors (Lipinski definition) is 2. The van der Waals surface area contributed by atoms with Gasteiger partial charge in [-0.3, -0.25) is 0 Å². The van der Waals surface area contributed by atoms with Crippen molar-refractivity contribution in [3.8, 4) is 0 Å². The van der Waals surface area contributed by atoms with Crippen LogP contribution in [0.3, 0.4) is 0 Å². The van der Waals surface area contributed by atoms with Gasteiger partial charge < -0.3 is 14.9 Å². The molecule has 0 bridgehead atoms. The first-order valence-electron chi connectivity index (χ1n) is 11.5. The Kier molecular flexibility index (Phi) is 6.74. The summed E-state index contributed by atoms with van der Waals surface area (Å²) in [5.41, 5.74) is 2.97. The predicted octanol–water partition coefficient (Wildman–Crippen LogP) is 4.76. The summed E-state index contributed by atoms with van der Waals surface area (Å²) in [6.45, 7) is 0. The Bertz CT molecular complexity index is 805. The molecule has 5 atom stereocenters. The lowest BCUT2D eigenvalue weighted by Crippen LogP contribution is -2.22. The molecule has 1 aromatic carbocycles. The summed E-state index contributed by atoms with van der Waals surface area (Å²) in [6, 6.07) is 7.54. The van der Waals surface area contributed by atoms with Gasteiger partial charge in [0.2, 0.25) is 0 Å². The first-order chi connectivity index (χ1) is 14.5. The van der Waals surface area contributed by atoms with Gasteiger partial charge in [-0.05, 0) is 67.6 Å². The first-order valence-corrected chi connectivity index (χ1v) is 11.5. The predicted molar refractivity (Wildman–Crippen MR) is 118 cm³/mol. The average Bonchev–Trinajstić information content (AvgIpc) is 3.28. The minimum Gasteiger partial charge on any atom is -0.465 e. The molecule has 0 amide bonds. The van der Waals surface area contributed by atoms with Crippen LogP contribution in [-0.2, 0) is 4.74 Å². The molecule has 0 aliphatic heterocycles. The maximum atomic E-state index is 11.8. The van der Waals surface area contributed by atoms with Gasteiger partial charge in [-0.1, -0.05) is 55.2 Å². The van der Waals surface area contributed by atoms with Crippen molar-refractivity contribution >= 4 is 12.0 Å². The minimum absolute atomic E-state index is 0.126. The molecule has 3 aliphatic carbocycles. The number of ether oxygens (including phenoxy) is 1. The molecule has 30 heavy (non-hydrogen) atoms. The zero-order valence-corrected chi connectivity index (χ0v) is 17.9. The third-order valence-electron chi connectivity index (χ3n) is 7.45. The number of carbonyl (C=O) groups is 1. The van der Waals surface area contributed by atoms with E-state index < -0.39 is 0 Å². The van der Waals surface area contributed by atoms with Crippen LogP contribution in [-0.4, -0.2) is 35.5 Å². The van der Waals surface area contributed by atoms with E-state index in [0.29, 0.717) is 23.3 Å². The van der Waals surface area contributed by atoms with E-state index in [9.17, 15) is 15.0 Å². The fraction of sp³-hybridized carbons (Fsp3) is 0.577. The van der Waals surface area contributed by atoms with Crippen LogP contribution in [0.2, 0.25) is 0 Å². The Labute approximate surface area is 179 Å². The molecule has 0 heterocycles. The summed E-state index contributed by atoms with van der Waals surface area (Å²) < 4.78 is 4.82. The van der Waals surface area contributed by atoms with Gasteiger partial charge in [0.15, 0.2) is 0 Å². The van der Waals surface area contributed by atoms with Crippen molar-refractivity contribution in [3.05, 3.63) is 53.1 Å². The van der Waals surface area contributed by atoms with Crippen LogP contribution in [0.1, 0.15) is 67.3 Å². The molecule has 0 unspecified atom stereocenters. The van der Waals surface area contributed by atoms with E-state index in [1.807, 2.05) is 24.3 Å². The highest BCUT2D eigenvalue weighted by Gasteiger charge is 2.45. The molecule has 3 saturated carbocycles. The van der Waals surface area contributed by atoms with Crippen LogP contribution in [0.4, 0.5) is 0 Å². The maximum absolute atomic E-state index is 11.8.